The van der Waals surface area contributed by atoms with Crippen molar-refractivity contribution in [3.05, 3.63) is 70.7 Å². The predicted molar refractivity (Wildman–Crippen MR) is 206 cm³/mol. The number of halogens is 4. The molecule has 1 fully saturated rings. The zero-order valence-corrected chi connectivity index (χ0v) is 33.0. The highest BCUT2D eigenvalue weighted by Gasteiger charge is 2.46. The molecule has 2 unspecified atom stereocenters. The van der Waals surface area contributed by atoms with Crippen LogP contribution in [-0.4, -0.2) is 78.2 Å². The number of aryl methyl sites for hydroxylation is 1. The van der Waals surface area contributed by atoms with Crippen molar-refractivity contribution < 1.29 is 41.5 Å². The van der Waals surface area contributed by atoms with Gasteiger partial charge in [-0.25, -0.2) is 4.39 Å². The number of ketones is 2. The summed E-state index contributed by atoms with van der Waals surface area (Å²) >= 11 is 0. The number of rotatable bonds is 18. The van der Waals surface area contributed by atoms with E-state index in [1.54, 1.807) is 12.1 Å². The Labute approximate surface area is 326 Å². The van der Waals surface area contributed by atoms with Crippen molar-refractivity contribution in [1.82, 2.24) is 20.5 Å². The Morgan fingerprint density at radius 2 is 1.68 bits per heavy atom. The molecule has 3 aromatic rings. The number of para-hydroxylation sites is 1. The number of aromatic nitrogens is 1. The molecular weight excluding hydrogens is 728 g/mol. The van der Waals surface area contributed by atoms with Crippen LogP contribution in [0, 0.1) is 29.5 Å². The second-order valence-electron chi connectivity index (χ2n) is 15.8. The van der Waals surface area contributed by atoms with Gasteiger partial charge in [-0.05, 0) is 53.9 Å². The van der Waals surface area contributed by atoms with E-state index in [-0.39, 0.29) is 91.4 Å². The van der Waals surface area contributed by atoms with Crippen molar-refractivity contribution in [3.8, 4) is 0 Å². The minimum absolute atomic E-state index is 0.0186. The SMILES string of the molecule is CCC(C)[C@@H](CNC(=O)CCN1CCOCC1)CC(=O)[C@@]1(NC(=O)[C@@H](CC(=O)Cc2ccccc2F)C(C)CC)CCc2[nH]c3c(C(F)(F)F)cccc3c2C1. The fraction of sp³-hybridized carbons (Fsp3) is 0.581. The third-order valence-corrected chi connectivity index (χ3v) is 12.2. The molecule has 9 nitrogen and oxygen atoms in total. The Balaban J connectivity index is 1.42. The van der Waals surface area contributed by atoms with Gasteiger partial charge in [0, 0.05) is 75.3 Å². The molecule has 0 spiro atoms. The van der Waals surface area contributed by atoms with Gasteiger partial charge in [0.15, 0.2) is 5.78 Å². The lowest BCUT2D eigenvalue weighted by molar-refractivity contribution is -0.138. The molecule has 2 heterocycles. The number of carbonyl (C=O) groups is 4. The summed E-state index contributed by atoms with van der Waals surface area (Å²) in [6.07, 6.45) is -3.05. The van der Waals surface area contributed by atoms with E-state index in [2.05, 4.69) is 20.5 Å². The first-order chi connectivity index (χ1) is 26.7. The summed E-state index contributed by atoms with van der Waals surface area (Å²) in [5.41, 5.74) is -1.00. The van der Waals surface area contributed by atoms with Crippen LogP contribution in [0.4, 0.5) is 17.6 Å². The van der Waals surface area contributed by atoms with Gasteiger partial charge in [-0.3, -0.25) is 24.1 Å². The van der Waals surface area contributed by atoms with Gasteiger partial charge in [0.2, 0.25) is 11.8 Å². The third kappa shape index (κ3) is 10.4. The first kappa shape index (κ1) is 43.0. The number of ether oxygens (including phenoxy) is 1. The molecule has 2 aliphatic rings. The summed E-state index contributed by atoms with van der Waals surface area (Å²) in [4.78, 5) is 60.8. The summed E-state index contributed by atoms with van der Waals surface area (Å²) < 4.78 is 62.2. The Bertz CT molecular complexity index is 1850. The number of carbonyl (C=O) groups excluding carboxylic acids is 4. The Kier molecular flexibility index (Phi) is 14.5. The van der Waals surface area contributed by atoms with Crippen molar-refractivity contribution >= 4 is 34.3 Å². The Morgan fingerprint density at radius 3 is 2.36 bits per heavy atom. The fourth-order valence-electron chi connectivity index (χ4n) is 8.12. The quantitative estimate of drug-likeness (QED) is 0.120. The van der Waals surface area contributed by atoms with Crippen molar-refractivity contribution in [2.45, 2.75) is 97.2 Å². The van der Waals surface area contributed by atoms with Gasteiger partial charge in [-0.15, -0.1) is 0 Å². The van der Waals surface area contributed by atoms with Gasteiger partial charge < -0.3 is 20.4 Å². The number of nitrogens with one attached hydrogen (secondary N) is 3. The van der Waals surface area contributed by atoms with Crippen LogP contribution in [0.5, 0.6) is 0 Å². The van der Waals surface area contributed by atoms with E-state index in [0.717, 1.165) is 25.6 Å². The van der Waals surface area contributed by atoms with E-state index in [9.17, 15) is 36.7 Å². The number of aromatic amines is 1. The van der Waals surface area contributed by atoms with Crippen LogP contribution in [0.1, 0.15) is 88.6 Å². The molecule has 5 rings (SSSR count). The molecule has 1 aliphatic carbocycles. The summed E-state index contributed by atoms with van der Waals surface area (Å²) in [6, 6.07) is 9.95. The minimum Gasteiger partial charge on any atom is -0.379 e. The largest absolute Gasteiger partial charge is 0.418 e. The number of alkyl halides is 3. The highest BCUT2D eigenvalue weighted by Crippen LogP contribution is 2.41. The number of nitrogens with zero attached hydrogens (tertiary/aromatic N) is 1. The van der Waals surface area contributed by atoms with Crippen LogP contribution in [0.2, 0.25) is 0 Å². The highest BCUT2D eigenvalue weighted by atomic mass is 19.4. The molecule has 0 radical (unpaired) electrons. The van der Waals surface area contributed by atoms with E-state index >= 15 is 0 Å². The number of fused-ring (bicyclic) bond motifs is 3. The first-order valence-corrected chi connectivity index (χ1v) is 20.0. The predicted octanol–water partition coefficient (Wildman–Crippen LogP) is 6.99. The lowest BCUT2D eigenvalue weighted by atomic mass is 9.72. The molecule has 56 heavy (non-hydrogen) atoms. The standard InChI is InChI=1S/C43H56F4N4O5/c1-5-27(3)30(26-48-39(54)15-17-51-18-20-56-21-19-51)23-38(53)42(16-14-37-34(25-42)32-11-9-12-35(40(32)49-37)43(45,46)47)50-41(55)33(28(4)6-2)24-31(52)22-29-10-7-8-13-36(29)44/h7-13,27-28,30,33,49H,5-6,14-26H2,1-4H3,(H,48,54)(H,50,55)/t27?,28?,30-,33+,42-/m1/s1. The fourth-order valence-corrected chi connectivity index (χ4v) is 8.12. The number of morpholine rings is 1. The molecule has 1 aromatic heterocycles. The molecule has 5 atom stereocenters. The lowest BCUT2D eigenvalue weighted by Gasteiger charge is -2.40. The zero-order valence-electron chi connectivity index (χ0n) is 33.0. The van der Waals surface area contributed by atoms with E-state index in [1.807, 2.05) is 27.7 Å². The van der Waals surface area contributed by atoms with Crippen LogP contribution in [-0.2, 0) is 49.4 Å². The summed E-state index contributed by atoms with van der Waals surface area (Å²) in [5, 5.41) is 6.47. The molecule has 2 aromatic carbocycles. The van der Waals surface area contributed by atoms with Gasteiger partial charge in [0.25, 0.3) is 0 Å². The van der Waals surface area contributed by atoms with Crippen LogP contribution < -0.4 is 10.6 Å². The number of H-pyrrole nitrogens is 1. The number of amides is 2. The monoisotopic (exact) mass is 784 g/mol. The molecule has 2 amide bonds. The summed E-state index contributed by atoms with van der Waals surface area (Å²) in [5.74, 6) is -3.08. The minimum atomic E-state index is -4.61. The van der Waals surface area contributed by atoms with E-state index in [1.165, 1.54) is 24.3 Å². The maximum atomic E-state index is 14.9. The summed E-state index contributed by atoms with van der Waals surface area (Å²) in [7, 11) is 0. The van der Waals surface area contributed by atoms with Crippen LogP contribution in [0.15, 0.2) is 42.5 Å². The van der Waals surface area contributed by atoms with Crippen molar-refractivity contribution in [2.75, 3.05) is 39.4 Å². The normalized spacial score (nSPS) is 19.8. The highest BCUT2D eigenvalue weighted by molar-refractivity contribution is 5.97. The molecule has 1 aliphatic heterocycles. The second kappa shape index (κ2) is 18.9. The van der Waals surface area contributed by atoms with Crippen LogP contribution >= 0.6 is 0 Å². The Morgan fingerprint density at radius 1 is 0.964 bits per heavy atom. The molecule has 306 valence electrons. The second-order valence-corrected chi connectivity index (χ2v) is 15.8. The molecule has 3 N–H and O–H groups in total. The van der Waals surface area contributed by atoms with Crippen LogP contribution in [0.25, 0.3) is 10.9 Å². The first-order valence-electron chi connectivity index (χ1n) is 20.0. The van der Waals surface area contributed by atoms with Gasteiger partial charge in [-0.2, -0.15) is 13.2 Å². The van der Waals surface area contributed by atoms with Gasteiger partial charge in [0.05, 0.1) is 24.3 Å². The molecular formula is C43H56F4N4O5. The number of benzene rings is 2. The van der Waals surface area contributed by atoms with Crippen molar-refractivity contribution in [3.63, 3.8) is 0 Å². The molecule has 0 saturated carbocycles. The van der Waals surface area contributed by atoms with Gasteiger partial charge >= 0.3 is 6.18 Å². The van der Waals surface area contributed by atoms with Gasteiger partial charge in [0.1, 0.15) is 17.1 Å². The van der Waals surface area contributed by atoms with E-state index < -0.39 is 34.9 Å². The topological polar surface area (TPSA) is 121 Å². The van der Waals surface area contributed by atoms with Crippen molar-refractivity contribution in [2.24, 2.45) is 23.7 Å². The van der Waals surface area contributed by atoms with E-state index in [0.29, 0.717) is 49.2 Å². The average Bonchev–Trinajstić information content (AvgIpc) is 3.55. The summed E-state index contributed by atoms with van der Waals surface area (Å²) in [6.45, 7) is 11.4. The number of Topliss-reactive ketones (excluding diaryl/α,β-unsaturated/α-hetero) is 2. The van der Waals surface area contributed by atoms with E-state index in [4.69, 9.17) is 4.74 Å². The number of hydrogen-bond acceptors (Lipinski definition) is 6. The maximum absolute atomic E-state index is 14.9. The molecule has 1 saturated heterocycles. The number of hydrogen-bond donors (Lipinski definition) is 3. The average molecular weight is 785 g/mol. The third-order valence-electron chi connectivity index (χ3n) is 12.2. The van der Waals surface area contributed by atoms with Crippen molar-refractivity contribution in [1.29, 1.82) is 0 Å². The van der Waals surface area contributed by atoms with Crippen LogP contribution in [0.3, 0.4) is 0 Å². The zero-order chi connectivity index (χ0) is 40.6. The van der Waals surface area contributed by atoms with Gasteiger partial charge in [-0.1, -0.05) is 70.9 Å². The molecule has 13 heteroatoms. The Hall–Kier alpha value is -4.10. The maximum Gasteiger partial charge on any atom is 0.418 e. The lowest BCUT2D eigenvalue weighted by Crippen LogP contribution is -2.60. The smallest absolute Gasteiger partial charge is 0.379 e. The molecule has 0 bridgehead atoms.